The van der Waals surface area contributed by atoms with Crippen molar-refractivity contribution < 1.29 is 23.1 Å². The number of hydrogen-bond acceptors (Lipinski definition) is 4. The Kier molecular flexibility index (Phi) is 7.55. The summed E-state index contributed by atoms with van der Waals surface area (Å²) < 4.78 is 21.8. The molecule has 0 rings (SSSR count). The summed E-state index contributed by atoms with van der Waals surface area (Å²) in [5.41, 5.74) is -0.954. The van der Waals surface area contributed by atoms with E-state index < -0.39 is 27.3 Å². The first-order chi connectivity index (χ1) is 9.17. The fourth-order valence-electron chi connectivity index (χ4n) is 1.73. The average molecular weight is 308 g/mol. The van der Waals surface area contributed by atoms with Gasteiger partial charge in [0, 0.05) is 19.3 Å². The molecule has 0 bridgehead atoms. The highest BCUT2D eigenvalue weighted by Crippen LogP contribution is 2.25. The highest BCUT2D eigenvalue weighted by atomic mass is 32.2. The number of hydrogen-bond donors (Lipinski definition) is 3. The molecule has 0 spiro atoms. The topological polar surface area (TPSA) is 113 Å². The molecule has 0 aromatic heterocycles. The Bertz CT molecular complexity index is 429. The Morgan fingerprint density at radius 2 is 1.70 bits per heavy atom. The fraction of sp³-hybridized carbons (Fsp3) is 0.833. The summed E-state index contributed by atoms with van der Waals surface area (Å²) in [4.78, 5) is 22.7. The SMILES string of the molecule is CCC(CC)(CNC(=O)NCCCS(C)(=O)=O)C(=O)O. The minimum absolute atomic E-state index is 0.0102. The van der Waals surface area contributed by atoms with Gasteiger partial charge in [0.15, 0.2) is 0 Å². The first kappa shape index (κ1) is 18.7. The smallest absolute Gasteiger partial charge is 0.314 e. The maximum absolute atomic E-state index is 11.5. The van der Waals surface area contributed by atoms with Crippen LogP contribution in [0.1, 0.15) is 33.1 Å². The monoisotopic (exact) mass is 308 g/mol. The highest BCUT2D eigenvalue weighted by molar-refractivity contribution is 7.90. The third-order valence-corrected chi connectivity index (χ3v) is 4.40. The lowest BCUT2D eigenvalue weighted by atomic mass is 9.82. The van der Waals surface area contributed by atoms with E-state index in [1.54, 1.807) is 13.8 Å². The zero-order valence-electron chi connectivity index (χ0n) is 12.2. The van der Waals surface area contributed by atoms with E-state index in [9.17, 15) is 23.1 Å². The summed E-state index contributed by atoms with van der Waals surface area (Å²) in [7, 11) is -3.03. The molecule has 0 aromatic carbocycles. The lowest BCUT2D eigenvalue weighted by Crippen LogP contribution is -2.46. The predicted octanol–water partition coefficient (Wildman–Crippen LogP) is 0.611. The van der Waals surface area contributed by atoms with Crippen LogP contribution < -0.4 is 10.6 Å². The van der Waals surface area contributed by atoms with Crippen LogP contribution >= 0.6 is 0 Å². The first-order valence-corrected chi connectivity index (χ1v) is 8.65. The van der Waals surface area contributed by atoms with Crippen molar-refractivity contribution in [2.45, 2.75) is 33.1 Å². The van der Waals surface area contributed by atoms with E-state index in [0.717, 1.165) is 6.26 Å². The molecule has 0 radical (unpaired) electrons. The van der Waals surface area contributed by atoms with Crippen molar-refractivity contribution in [3.63, 3.8) is 0 Å². The molecular weight excluding hydrogens is 284 g/mol. The second-order valence-electron chi connectivity index (χ2n) is 4.89. The molecule has 0 unspecified atom stereocenters. The van der Waals surface area contributed by atoms with Crippen LogP contribution in [-0.2, 0) is 14.6 Å². The molecule has 0 aliphatic rings. The van der Waals surface area contributed by atoms with Gasteiger partial charge in [-0.25, -0.2) is 13.2 Å². The van der Waals surface area contributed by atoms with E-state index in [4.69, 9.17) is 0 Å². The van der Waals surface area contributed by atoms with E-state index in [-0.39, 0.29) is 18.8 Å². The van der Waals surface area contributed by atoms with Crippen LogP contribution in [0, 0.1) is 5.41 Å². The number of amides is 2. The number of carbonyl (C=O) groups excluding carboxylic acids is 1. The number of rotatable bonds is 9. The Hall–Kier alpha value is -1.31. The van der Waals surface area contributed by atoms with Crippen molar-refractivity contribution in [3.8, 4) is 0 Å². The molecular formula is C12H24N2O5S. The summed E-state index contributed by atoms with van der Waals surface area (Å²) >= 11 is 0. The molecule has 0 atom stereocenters. The second kappa shape index (κ2) is 8.08. The summed E-state index contributed by atoms with van der Waals surface area (Å²) in [6, 6.07) is -0.481. The maximum Gasteiger partial charge on any atom is 0.314 e. The van der Waals surface area contributed by atoms with E-state index in [1.807, 2.05) is 0 Å². The van der Waals surface area contributed by atoms with Crippen LogP contribution in [0.4, 0.5) is 4.79 Å². The zero-order chi connectivity index (χ0) is 15.8. The van der Waals surface area contributed by atoms with E-state index in [1.165, 1.54) is 0 Å². The number of carboxylic acid groups (broad SMARTS) is 1. The molecule has 0 aliphatic carbocycles. The Balaban J connectivity index is 4.12. The van der Waals surface area contributed by atoms with Crippen molar-refractivity contribution in [3.05, 3.63) is 0 Å². The highest BCUT2D eigenvalue weighted by Gasteiger charge is 2.35. The number of urea groups is 1. The van der Waals surface area contributed by atoms with Crippen molar-refractivity contribution in [1.82, 2.24) is 10.6 Å². The minimum Gasteiger partial charge on any atom is -0.481 e. The van der Waals surface area contributed by atoms with Crippen LogP contribution in [0.5, 0.6) is 0 Å². The molecule has 0 saturated heterocycles. The predicted molar refractivity (Wildman–Crippen MR) is 76.4 cm³/mol. The normalized spacial score (nSPS) is 11.9. The number of sulfone groups is 1. The van der Waals surface area contributed by atoms with E-state index in [2.05, 4.69) is 10.6 Å². The summed E-state index contributed by atoms with van der Waals surface area (Å²) in [5, 5.41) is 14.2. The van der Waals surface area contributed by atoms with Gasteiger partial charge in [-0.2, -0.15) is 0 Å². The van der Waals surface area contributed by atoms with Crippen LogP contribution in [-0.4, -0.2) is 50.6 Å². The molecule has 8 heteroatoms. The molecule has 2 amide bonds. The lowest BCUT2D eigenvalue weighted by molar-refractivity contribution is -0.149. The van der Waals surface area contributed by atoms with Crippen LogP contribution in [0.15, 0.2) is 0 Å². The molecule has 0 saturated carbocycles. The van der Waals surface area contributed by atoms with Gasteiger partial charge in [0.25, 0.3) is 0 Å². The van der Waals surface area contributed by atoms with Gasteiger partial charge in [0.2, 0.25) is 0 Å². The average Bonchev–Trinajstić information content (AvgIpc) is 2.35. The number of nitrogens with one attached hydrogen (secondary N) is 2. The van der Waals surface area contributed by atoms with Crippen LogP contribution in [0.3, 0.4) is 0 Å². The molecule has 118 valence electrons. The number of carbonyl (C=O) groups is 2. The van der Waals surface area contributed by atoms with Gasteiger partial charge in [-0.1, -0.05) is 13.8 Å². The van der Waals surface area contributed by atoms with E-state index in [0.29, 0.717) is 19.3 Å². The molecule has 0 heterocycles. The Morgan fingerprint density at radius 1 is 1.15 bits per heavy atom. The Labute approximate surface area is 120 Å². The summed E-state index contributed by atoms with van der Waals surface area (Å²) in [6.07, 6.45) is 2.31. The van der Waals surface area contributed by atoms with Crippen LogP contribution in [0.2, 0.25) is 0 Å². The third-order valence-electron chi connectivity index (χ3n) is 3.37. The molecule has 3 N–H and O–H groups in total. The number of carboxylic acids is 1. The fourth-order valence-corrected chi connectivity index (χ4v) is 2.40. The molecule has 7 nitrogen and oxygen atoms in total. The van der Waals surface area contributed by atoms with Gasteiger partial charge < -0.3 is 15.7 Å². The largest absolute Gasteiger partial charge is 0.481 e. The van der Waals surface area contributed by atoms with Crippen molar-refractivity contribution in [2.24, 2.45) is 5.41 Å². The number of aliphatic carboxylic acids is 1. The minimum atomic E-state index is -3.03. The maximum atomic E-state index is 11.5. The molecule has 0 aromatic rings. The standard InChI is InChI=1S/C12H24N2O5S/c1-4-12(5-2,10(15)16)9-14-11(17)13-7-6-8-20(3,18)19/h4-9H2,1-3H3,(H,15,16)(H2,13,14,17). The summed E-state index contributed by atoms with van der Waals surface area (Å²) in [6.45, 7) is 3.82. The Morgan fingerprint density at radius 3 is 2.10 bits per heavy atom. The first-order valence-electron chi connectivity index (χ1n) is 6.59. The van der Waals surface area contributed by atoms with Gasteiger partial charge in [0.1, 0.15) is 9.84 Å². The molecule has 20 heavy (non-hydrogen) atoms. The second-order valence-corrected chi connectivity index (χ2v) is 7.15. The van der Waals surface area contributed by atoms with Crippen molar-refractivity contribution in [1.29, 1.82) is 0 Å². The zero-order valence-corrected chi connectivity index (χ0v) is 13.0. The lowest BCUT2D eigenvalue weighted by Gasteiger charge is -2.26. The quantitative estimate of drug-likeness (QED) is 0.540. The van der Waals surface area contributed by atoms with Gasteiger partial charge in [-0.3, -0.25) is 4.79 Å². The van der Waals surface area contributed by atoms with Crippen LogP contribution in [0.25, 0.3) is 0 Å². The van der Waals surface area contributed by atoms with Gasteiger partial charge >= 0.3 is 12.0 Å². The molecule has 0 aliphatic heterocycles. The van der Waals surface area contributed by atoms with Crippen molar-refractivity contribution >= 4 is 21.8 Å². The van der Waals surface area contributed by atoms with Gasteiger partial charge in [-0.05, 0) is 19.3 Å². The summed E-state index contributed by atoms with van der Waals surface area (Å²) in [5.74, 6) is -0.920. The third kappa shape index (κ3) is 6.74. The van der Waals surface area contributed by atoms with Crippen molar-refractivity contribution in [2.75, 3.05) is 25.1 Å². The van der Waals surface area contributed by atoms with Gasteiger partial charge in [-0.15, -0.1) is 0 Å². The van der Waals surface area contributed by atoms with E-state index >= 15 is 0 Å². The molecule has 0 fully saturated rings. The van der Waals surface area contributed by atoms with Gasteiger partial charge in [0.05, 0.1) is 11.2 Å².